The highest BCUT2D eigenvalue weighted by molar-refractivity contribution is 6.11. The molecule has 2 fully saturated rings. The Hall–Kier alpha value is -2.01. The molecule has 3 rings (SSSR count). The van der Waals surface area contributed by atoms with Crippen molar-refractivity contribution in [2.75, 3.05) is 26.3 Å². The Morgan fingerprint density at radius 3 is 2.45 bits per heavy atom. The molecule has 2 aliphatic rings. The van der Waals surface area contributed by atoms with Gasteiger partial charge < -0.3 is 9.64 Å². The standard InChI is InChI=1S/C17H20N2O3/c1-12-15(6-7-16(12)20)18-14-4-2-13(3-5-14)17(21)19-8-10-22-11-9-19/h2-5,12H,6-11H2,1H3. The first kappa shape index (κ1) is 14.9. The third-order valence-electron chi connectivity index (χ3n) is 4.30. The number of morpholine rings is 1. The molecular formula is C17H20N2O3. The van der Waals surface area contributed by atoms with Crippen molar-refractivity contribution in [3.63, 3.8) is 0 Å². The molecular weight excluding hydrogens is 280 g/mol. The van der Waals surface area contributed by atoms with Crippen LogP contribution in [0, 0.1) is 5.92 Å². The summed E-state index contributed by atoms with van der Waals surface area (Å²) in [6.07, 6.45) is 1.34. The van der Waals surface area contributed by atoms with Crippen LogP contribution in [0.5, 0.6) is 0 Å². The first-order chi connectivity index (χ1) is 10.6. The van der Waals surface area contributed by atoms with Crippen molar-refractivity contribution in [2.24, 2.45) is 10.9 Å². The second kappa shape index (κ2) is 6.40. The average molecular weight is 300 g/mol. The number of aliphatic imine (C=N–C) groups is 1. The fourth-order valence-electron chi connectivity index (χ4n) is 2.82. The maximum Gasteiger partial charge on any atom is 0.254 e. The lowest BCUT2D eigenvalue weighted by atomic mass is 10.1. The second-order valence-electron chi connectivity index (χ2n) is 5.74. The van der Waals surface area contributed by atoms with E-state index < -0.39 is 0 Å². The lowest BCUT2D eigenvalue weighted by Gasteiger charge is -2.26. The summed E-state index contributed by atoms with van der Waals surface area (Å²) in [5.41, 5.74) is 2.41. The highest BCUT2D eigenvalue weighted by Gasteiger charge is 2.26. The quantitative estimate of drug-likeness (QED) is 0.841. The van der Waals surface area contributed by atoms with Crippen LogP contribution in [0.1, 0.15) is 30.1 Å². The summed E-state index contributed by atoms with van der Waals surface area (Å²) in [6, 6.07) is 7.30. The minimum atomic E-state index is -0.0744. The molecule has 0 radical (unpaired) electrons. The van der Waals surface area contributed by atoms with Crippen molar-refractivity contribution in [3.05, 3.63) is 29.8 Å². The Kier molecular flexibility index (Phi) is 4.34. The Morgan fingerprint density at radius 2 is 1.86 bits per heavy atom. The van der Waals surface area contributed by atoms with E-state index in [-0.39, 0.29) is 17.6 Å². The summed E-state index contributed by atoms with van der Waals surface area (Å²) < 4.78 is 5.26. The number of ether oxygens (including phenoxy) is 1. The number of amides is 1. The molecule has 1 aliphatic heterocycles. The molecule has 0 spiro atoms. The van der Waals surface area contributed by atoms with Crippen molar-refractivity contribution >= 4 is 23.1 Å². The highest BCUT2D eigenvalue weighted by atomic mass is 16.5. The van der Waals surface area contributed by atoms with Crippen LogP contribution in [0.3, 0.4) is 0 Å². The molecule has 0 bridgehead atoms. The van der Waals surface area contributed by atoms with Crippen molar-refractivity contribution in [3.8, 4) is 0 Å². The monoisotopic (exact) mass is 300 g/mol. The molecule has 1 atom stereocenters. The number of Topliss-reactive ketones (excluding diaryl/α,β-unsaturated/α-hetero) is 1. The molecule has 0 aromatic heterocycles. The number of hydrogen-bond acceptors (Lipinski definition) is 4. The number of nitrogens with zero attached hydrogens (tertiary/aromatic N) is 2. The van der Waals surface area contributed by atoms with Gasteiger partial charge >= 0.3 is 0 Å². The van der Waals surface area contributed by atoms with Gasteiger partial charge in [-0.25, -0.2) is 0 Å². The van der Waals surface area contributed by atoms with E-state index in [2.05, 4.69) is 4.99 Å². The van der Waals surface area contributed by atoms with E-state index >= 15 is 0 Å². The molecule has 5 heteroatoms. The summed E-state index contributed by atoms with van der Waals surface area (Å²) in [7, 11) is 0. The fourth-order valence-corrected chi connectivity index (χ4v) is 2.82. The maximum absolute atomic E-state index is 12.3. The molecule has 116 valence electrons. The Bertz CT molecular complexity index is 601. The van der Waals surface area contributed by atoms with E-state index in [1.165, 1.54) is 0 Å². The second-order valence-corrected chi connectivity index (χ2v) is 5.74. The normalized spacial score (nSPS) is 24.0. The smallest absolute Gasteiger partial charge is 0.254 e. The molecule has 1 aromatic rings. The van der Waals surface area contributed by atoms with Gasteiger partial charge in [0.2, 0.25) is 0 Å². The zero-order valence-corrected chi connectivity index (χ0v) is 12.7. The minimum Gasteiger partial charge on any atom is -0.378 e. The van der Waals surface area contributed by atoms with Crippen LogP contribution in [0.25, 0.3) is 0 Å². The fraction of sp³-hybridized carbons (Fsp3) is 0.471. The van der Waals surface area contributed by atoms with Crippen LogP contribution in [-0.4, -0.2) is 48.6 Å². The number of benzene rings is 1. The zero-order chi connectivity index (χ0) is 15.5. The lowest BCUT2D eigenvalue weighted by molar-refractivity contribution is -0.119. The van der Waals surface area contributed by atoms with Crippen LogP contribution in [0.4, 0.5) is 5.69 Å². The van der Waals surface area contributed by atoms with E-state index in [4.69, 9.17) is 4.74 Å². The van der Waals surface area contributed by atoms with Crippen molar-refractivity contribution in [1.82, 2.24) is 4.90 Å². The maximum atomic E-state index is 12.3. The van der Waals surface area contributed by atoms with E-state index in [0.717, 1.165) is 17.8 Å². The Balaban J connectivity index is 1.71. The third-order valence-corrected chi connectivity index (χ3v) is 4.30. The topological polar surface area (TPSA) is 59.0 Å². The lowest BCUT2D eigenvalue weighted by Crippen LogP contribution is -2.40. The van der Waals surface area contributed by atoms with Crippen molar-refractivity contribution < 1.29 is 14.3 Å². The number of ketones is 1. The van der Waals surface area contributed by atoms with Gasteiger partial charge in [0, 0.05) is 30.8 Å². The molecule has 1 saturated carbocycles. The average Bonchev–Trinajstić information content (AvgIpc) is 2.88. The number of carbonyl (C=O) groups is 2. The van der Waals surface area contributed by atoms with Crippen LogP contribution >= 0.6 is 0 Å². The van der Waals surface area contributed by atoms with Gasteiger partial charge in [0.1, 0.15) is 5.78 Å². The predicted molar refractivity (Wildman–Crippen MR) is 83.7 cm³/mol. The van der Waals surface area contributed by atoms with Gasteiger partial charge in [-0.15, -0.1) is 0 Å². The summed E-state index contributed by atoms with van der Waals surface area (Å²) in [5, 5.41) is 0. The number of carbonyl (C=O) groups excluding carboxylic acids is 2. The van der Waals surface area contributed by atoms with Crippen LogP contribution < -0.4 is 0 Å². The van der Waals surface area contributed by atoms with Crippen LogP contribution in [-0.2, 0) is 9.53 Å². The summed E-state index contributed by atoms with van der Waals surface area (Å²) in [5.74, 6) is 0.222. The zero-order valence-electron chi connectivity index (χ0n) is 12.7. The Morgan fingerprint density at radius 1 is 1.18 bits per heavy atom. The predicted octanol–water partition coefficient (Wildman–Crippen LogP) is 2.23. The van der Waals surface area contributed by atoms with Crippen molar-refractivity contribution in [1.29, 1.82) is 0 Å². The molecule has 1 aliphatic carbocycles. The number of rotatable bonds is 2. The molecule has 1 saturated heterocycles. The van der Waals surface area contributed by atoms with Crippen LogP contribution in [0.15, 0.2) is 29.3 Å². The molecule has 1 aromatic carbocycles. The van der Waals surface area contributed by atoms with Gasteiger partial charge in [-0.1, -0.05) is 6.92 Å². The summed E-state index contributed by atoms with van der Waals surface area (Å²) in [6.45, 7) is 4.39. The third kappa shape index (κ3) is 3.09. The van der Waals surface area contributed by atoms with Crippen LogP contribution in [0.2, 0.25) is 0 Å². The summed E-state index contributed by atoms with van der Waals surface area (Å²) in [4.78, 5) is 30.3. The minimum absolute atomic E-state index is 0.0342. The van der Waals surface area contributed by atoms with Gasteiger partial charge in [0.25, 0.3) is 5.91 Å². The Labute approximate surface area is 130 Å². The summed E-state index contributed by atoms with van der Waals surface area (Å²) >= 11 is 0. The van der Waals surface area contributed by atoms with Crippen molar-refractivity contribution in [2.45, 2.75) is 19.8 Å². The highest BCUT2D eigenvalue weighted by Crippen LogP contribution is 2.23. The largest absolute Gasteiger partial charge is 0.378 e. The van der Waals surface area contributed by atoms with E-state index in [1.807, 2.05) is 24.0 Å². The molecule has 0 N–H and O–H groups in total. The molecule has 5 nitrogen and oxygen atoms in total. The van der Waals surface area contributed by atoms with Gasteiger partial charge in [0.05, 0.1) is 24.8 Å². The number of hydrogen-bond donors (Lipinski definition) is 0. The van der Waals surface area contributed by atoms with Gasteiger partial charge in [-0.2, -0.15) is 0 Å². The van der Waals surface area contributed by atoms with E-state index in [9.17, 15) is 9.59 Å². The van der Waals surface area contributed by atoms with Gasteiger partial charge in [-0.3, -0.25) is 14.6 Å². The first-order valence-corrected chi connectivity index (χ1v) is 7.72. The van der Waals surface area contributed by atoms with Gasteiger partial charge in [0.15, 0.2) is 0 Å². The van der Waals surface area contributed by atoms with Gasteiger partial charge in [-0.05, 0) is 30.7 Å². The first-order valence-electron chi connectivity index (χ1n) is 7.72. The molecule has 1 heterocycles. The molecule has 22 heavy (non-hydrogen) atoms. The molecule has 1 unspecified atom stereocenters. The van der Waals surface area contributed by atoms with E-state index in [0.29, 0.717) is 38.3 Å². The SMILES string of the molecule is CC1C(=O)CCC1=Nc1ccc(C(=O)N2CCOCC2)cc1. The molecule has 1 amide bonds. The van der Waals surface area contributed by atoms with E-state index in [1.54, 1.807) is 12.1 Å².